The number of pyridine rings is 1. The van der Waals surface area contributed by atoms with Crippen LogP contribution in [0.2, 0.25) is 0 Å². The molecule has 0 aromatic carbocycles. The Bertz CT molecular complexity index is 405. The Labute approximate surface area is 114 Å². The fraction of sp³-hybridized carbons (Fsp3) is 0.643. The standard InChI is InChI=1S/C14H23N3O2/c1-3-19-14(6-4-5-7-14)13(17-15)11-8-12(18-2)10-16-9-11/h8-10,13,17H,3-7,15H2,1-2H3. The normalized spacial score (nSPS) is 19.3. The first-order valence-electron chi connectivity index (χ1n) is 6.85. The summed E-state index contributed by atoms with van der Waals surface area (Å²) in [6.07, 6.45) is 7.91. The number of methoxy groups -OCH3 is 1. The van der Waals surface area contributed by atoms with Crippen LogP contribution in [0.15, 0.2) is 18.5 Å². The summed E-state index contributed by atoms with van der Waals surface area (Å²) < 4.78 is 11.3. The van der Waals surface area contributed by atoms with Gasteiger partial charge in [-0.25, -0.2) is 0 Å². The highest BCUT2D eigenvalue weighted by Gasteiger charge is 2.42. The van der Waals surface area contributed by atoms with Gasteiger partial charge in [-0.15, -0.1) is 0 Å². The van der Waals surface area contributed by atoms with Crippen LogP contribution < -0.4 is 16.0 Å². The molecule has 106 valence electrons. The summed E-state index contributed by atoms with van der Waals surface area (Å²) in [6, 6.07) is 1.91. The molecule has 1 aliphatic carbocycles. The lowest BCUT2D eigenvalue weighted by molar-refractivity contribution is -0.0628. The van der Waals surface area contributed by atoms with Gasteiger partial charge in [0, 0.05) is 12.8 Å². The summed E-state index contributed by atoms with van der Waals surface area (Å²) in [7, 11) is 1.64. The minimum Gasteiger partial charge on any atom is -0.495 e. The van der Waals surface area contributed by atoms with E-state index in [0.717, 1.165) is 24.2 Å². The van der Waals surface area contributed by atoms with E-state index in [1.54, 1.807) is 13.3 Å². The maximum atomic E-state index is 6.06. The molecule has 5 nitrogen and oxygen atoms in total. The molecule has 0 amide bonds. The zero-order chi connectivity index (χ0) is 13.7. The minimum atomic E-state index is -0.225. The van der Waals surface area contributed by atoms with Crippen molar-refractivity contribution in [2.45, 2.75) is 44.2 Å². The molecular weight excluding hydrogens is 242 g/mol. The minimum absolute atomic E-state index is 0.0578. The van der Waals surface area contributed by atoms with E-state index in [9.17, 15) is 0 Å². The van der Waals surface area contributed by atoms with Crippen LogP contribution in [0, 0.1) is 0 Å². The smallest absolute Gasteiger partial charge is 0.137 e. The fourth-order valence-corrected chi connectivity index (χ4v) is 3.03. The number of rotatable bonds is 6. The topological polar surface area (TPSA) is 69.4 Å². The SMILES string of the molecule is CCOC1(C(NN)c2cncc(OC)c2)CCCC1. The molecule has 1 fully saturated rings. The highest BCUT2D eigenvalue weighted by molar-refractivity contribution is 5.28. The number of nitrogens with zero attached hydrogens (tertiary/aromatic N) is 1. The quantitative estimate of drug-likeness (QED) is 0.607. The number of hydrogen-bond donors (Lipinski definition) is 2. The molecule has 1 aromatic heterocycles. The molecule has 1 heterocycles. The van der Waals surface area contributed by atoms with Crippen LogP contribution in [0.25, 0.3) is 0 Å². The predicted molar refractivity (Wildman–Crippen MR) is 73.7 cm³/mol. The van der Waals surface area contributed by atoms with Gasteiger partial charge in [-0.1, -0.05) is 12.8 Å². The molecule has 1 unspecified atom stereocenters. The summed E-state index contributed by atoms with van der Waals surface area (Å²) in [5.74, 6) is 6.53. The lowest BCUT2D eigenvalue weighted by Gasteiger charge is -2.37. The maximum Gasteiger partial charge on any atom is 0.137 e. The molecule has 0 bridgehead atoms. The van der Waals surface area contributed by atoms with Crippen molar-refractivity contribution in [1.29, 1.82) is 0 Å². The third-order valence-electron chi connectivity index (χ3n) is 3.88. The number of aromatic nitrogens is 1. The Hall–Kier alpha value is -1.17. The van der Waals surface area contributed by atoms with Gasteiger partial charge in [0.15, 0.2) is 0 Å². The van der Waals surface area contributed by atoms with Crippen LogP contribution >= 0.6 is 0 Å². The highest BCUT2D eigenvalue weighted by atomic mass is 16.5. The van der Waals surface area contributed by atoms with E-state index in [-0.39, 0.29) is 11.6 Å². The second-order valence-electron chi connectivity index (χ2n) is 4.96. The van der Waals surface area contributed by atoms with Gasteiger partial charge in [-0.3, -0.25) is 16.3 Å². The monoisotopic (exact) mass is 265 g/mol. The second kappa shape index (κ2) is 6.32. The highest BCUT2D eigenvalue weighted by Crippen LogP contribution is 2.42. The number of hydrazine groups is 1. The molecule has 2 rings (SSSR count). The van der Waals surface area contributed by atoms with Gasteiger partial charge >= 0.3 is 0 Å². The number of ether oxygens (including phenoxy) is 2. The van der Waals surface area contributed by atoms with Crippen LogP contribution in [-0.2, 0) is 4.74 Å². The van der Waals surface area contributed by atoms with Crippen molar-refractivity contribution in [1.82, 2.24) is 10.4 Å². The summed E-state index contributed by atoms with van der Waals surface area (Å²) in [5.41, 5.74) is 3.70. The van der Waals surface area contributed by atoms with E-state index in [1.807, 2.05) is 19.2 Å². The number of hydrogen-bond acceptors (Lipinski definition) is 5. The van der Waals surface area contributed by atoms with Crippen molar-refractivity contribution in [2.24, 2.45) is 5.84 Å². The zero-order valence-corrected chi connectivity index (χ0v) is 11.7. The molecule has 0 saturated heterocycles. The number of nitrogens with two attached hydrogens (primary N) is 1. The average Bonchev–Trinajstić information content (AvgIpc) is 2.90. The Morgan fingerprint density at radius 1 is 1.42 bits per heavy atom. The van der Waals surface area contributed by atoms with Crippen LogP contribution in [0.1, 0.15) is 44.2 Å². The van der Waals surface area contributed by atoms with Crippen LogP contribution in [0.4, 0.5) is 0 Å². The van der Waals surface area contributed by atoms with Gasteiger partial charge in [-0.2, -0.15) is 0 Å². The third kappa shape index (κ3) is 2.88. The van der Waals surface area contributed by atoms with E-state index < -0.39 is 0 Å². The van der Waals surface area contributed by atoms with E-state index in [0.29, 0.717) is 6.61 Å². The van der Waals surface area contributed by atoms with Crippen molar-refractivity contribution in [3.05, 3.63) is 24.0 Å². The second-order valence-corrected chi connectivity index (χ2v) is 4.96. The Morgan fingerprint density at radius 2 is 2.16 bits per heavy atom. The van der Waals surface area contributed by atoms with Gasteiger partial charge in [0.2, 0.25) is 0 Å². The van der Waals surface area contributed by atoms with Crippen LogP contribution in [0.3, 0.4) is 0 Å². The molecule has 1 saturated carbocycles. The average molecular weight is 265 g/mol. The molecule has 0 aliphatic heterocycles. The van der Waals surface area contributed by atoms with Gasteiger partial charge in [0.05, 0.1) is 24.9 Å². The summed E-state index contributed by atoms with van der Waals surface area (Å²) in [5, 5.41) is 0. The third-order valence-corrected chi connectivity index (χ3v) is 3.88. The molecular formula is C14H23N3O2. The van der Waals surface area contributed by atoms with Gasteiger partial charge in [0.1, 0.15) is 5.75 Å². The molecule has 1 atom stereocenters. The first-order chi connectivity index (χ1) is 9.25. The van der Waals surface area contributed by atoms with Gasteiger partial charge in [0.25, 0.3) is 0 Å². The van der Waals surface area contributed by atoms with Crippen molar-refractivity contribution in [3.63, 3.8) is 0 Å². The Morgan fingerprint density at radius 3 is 2.74 bits per heavy atom. The number of nitrogens with one attached hydrogen (secondary N) is 1. The summed E-state index contributed by atoms with van der Waals surface area (Å²) in [4.78, 5) is 4.21. The van der Waals surface area contributed by atoms with Crippen molar-refractivity contribution in [3.8, 4) is 5.75 Å². The predicted octanol–water partition coefficient (Wildman–Crippen LogP) is 1.94. The summed E-state index contributed by atoms with van der Waals surface area (Å²) in [6.45, 7) is 2.72. The maximum absolute atomic E-state index is 6.06. The Kier molecular flexibility index (Phi) is 4.74. The summed E-state index contributed by atoms with van der Waals surface area (Å²) >= 11 is 0. The van der Waals surface area contributed by atoms with E-state index >= 15 is 0 Å². The molecule has 0 radical (unpaired) electrons. The van der Waals surface area contributed by atoms with E-state index in [1.165, 1.54) is 12.8 Å². The molecule has 0 spiro atoms. The van der Waals surface area contributed by atoms with Crippen molar-refractivity contribution >= 4 is 0 Å². The van der Waals surface area contributed by atoms with Crippen LogP contribution in [0.5, 0.6) is 5.75 Å². The lowest BCUT2D eigenvalue weighted by atomic mass is 9.87. The van der Waals surface area contributed by atoms with Gasteiger partial charge < -0.3 is 9.47 Å². The fourth-order valence-electron chi connectivity index (χ4n) is 3.03. The first kappa shape index (κ1) is 14.2. The van der Waals surface area contributed by atoms with E-state index in [2.05, 4.69) is 10.4 Å². The first-order valence-corrected chi connectivity index (χ1v) is 6.85. The largest absolute Gasteiger partial charge is 0.495 e. The zero-order valence-electron chi connectivity index (χ0n) is 11.7. The Balaban J connectivity index is 2.31. The molecule has 3 N–H and O–H groups in total. The van der Waals surface area contributed by atoms with Gasteiger partial charge in [-0.05, 0) is 31.4 Å². The molecule has 1 aliphatic rings. The lowest BCUT2D eigenvalue weighted by Crippen LogP contribution is -2.47. The molecule has 1 aromatic rings. The van der Waals surface area contributed by atoms with Crippen molar-refractivity contribution in [2.75, 3.05) is 13.7 Å². The van der Waals surface area contributed by atoms with Crippen LogP contribution in [-0.4, -0.2) is 24.3 Å². The molecule has 5 heteroatoms. The van der Waals surface area contributed by atoms with E-state index in [4.69, 9.17) is 15.3 Å². The molecule has 19 heavy (non-hydrogen) atoms. The van der Waals surface area contributed by atoms with Crippen molar-refractivity contribution < 1.29 is 9.47 Å².